The molecule has 2 aliphatic rings. The van der Waals surface area contributed by atoms with Crippen LogP contribution in [0, 0.1) is 0 Å². The van der Waals surface area contributed by atoms with E-state index in [9.17, 15) is 0 Å². The van der Waals surface area contributed by atoms with Crippen LogP contribution in [0.4, 0.5) is 0 Å². The van der Waals surface area contributed by atoms with E-state index < -0.39 is 0 Å². The average molecular weight is 307 g/mol. The number of benzene rings is 1. The fraction of sp³-hybridized carbons (Fsp3) is 0.647. The number of hydrogen-bond donors (Lipinski definition) is 1. The molecule has 0 radical (unpaired) electrons. The van der Waals surface area contributed by atoms with Crippen molar-refractivity contribution in [3.8, 4) is 0 Å². The number of hydrogen-bond acceptors (Lipinski definition) is 4. The molecule has 116 valence electrons. The summed E-state index contributed by atoms with van der Waals surface area (Å²) in [4.78, 5) is 1.37. The van der Waals surface area contributed by atoms with Crippen molar-refractivity contribution in [2.75, 3.05) is 26.4 Å². The predicted octanol–water partition coefficient (Wildman–Crippen LogP) is 3.23. The van der Waals surface area contributed by atoms with Gasteiger partial charge in [0.1, 0.15) is 0 Å². The van der Waals surface area contributed by atoms with E-state index in [1.54, 1.807) is 0 Å². The third-order valence-corrected chi connectivity index (χ3v) is 5.60. The Morgan fingerprint density at radius 2 is 2.14 bits per heavy atom. The van der Waals surface area contributed by atoms with Crippen molar-refractivity contribution in [1.29, 1.82) is 0 Å². The van der Waals surface area contributed by atoms with Crippen molar-refractivity contribution in [3.05, 3.63) is 29.8 Å². The molecule has 1 N–H and O–H groups in total. The fourth-order valence-electron chi connectivity index (χ4n) is 3.09. The number of nitrogens with one attached hydrogen (secondary N) is 1. The van der Waals surface area contributed by atoms with Gasteiger partial charge in [-0.15, -0.1) is 11.8 Å². The first-order valence-electron chi connectivity index (χ1n) is 7.98. The number of thioether (sulfide) groups is 1. The lowest BCUT2D eigenvalue weighted by atomic mass is 9.93. The van der Waals surface area contributed by atoms with E-state index in [0.717, 1.165) is 52.2 Å². The first kappa shape index (κ1) is 15.3. The van der Waals surface area contributed by atoms with Crippen LogP contribution in [0.25, 0.3) is 0 Å². The van der Waals surface area contributed by atoms with E-state index >= 15 is 0 Å². The molecule has 0 aliphatic carbocycles. The Balaban J connectivity index is 1.55. The van der Waals surface area contributed by atoms with Crippen LogP contribution < -0.4 is 5.32 Å². The lowest BCUT2D eigenvalue weighted by Gasteiger charge is -2.36. The molecule has 3 nitrogen and oxygen atoms in total. The Morgan fingerprint density at radius 3 is 2.86 bits per heavy atom. The first-order valence-corrected chi connectivity index (χ1v) is 8.86. The lowest BCUT2D eigenvalue weighted by Crippen LogP contribution is -2.41. The Kier molecular flexibility index (Phi) is 5.22. The van der Waals surface area contributed by atoms with Gasteiger partial charge in [-0.05, 0) is 37.1 Å². The zero-order chi connectivity index (χ0) is 14.5. The highest BCUT2D eigenvalue weighted by Crippen LogP contribution is 2.39. The molecule has 2 atom stereocenters. The molecule has 0 amide bonds. The van der Waals surface area contributed by atoms with Crippen molar-refractivity contribution >= 4 is 11.8 Å². The maximum absolute atomic E-state index is 6.01. The highest BCUT2D eigenvalue weighted by atomic mass is 32.2. The van der Waals surface area contributed by atoms with Crippen LogP contribution in [0.2, 0.25) is 0 Å². The summed E-state index contributed by atoms with van der Waals surface area (Å²) in [5.74, 6) is 0. The largest absolute Gasteiger partial charge is 0.378 e. The van der Waals surface area contributed by atoms with Gasteiger partial charge in [0.15, 0.2) is 0 Å². The van der Waals surface area contributed by atoms with Crippen LogP contribution in [0.3, 0.4) is 0 Å². The van der Waals surface area contributed by atoms with Gasteiger partial charge < -0.3 is 14.8 Å². The van der Waals surface area contributed by atoms with Gasteiger partial charge >= 0.3 is 0 Å². The average Bonchev–Trinajstić information content (AvgIpc) is 2.94. The lowest BCUT2D eigenvalue weighted by molar-refractivity contribution is -0.0769. The molecular formula is C17H25NO2S. The molecule has 2 saturated heterocycles. The number of ether oxygens (including phenoxy) is 2. The molecule has 2 unspecified atom stereocenters. The quantitative estimate of drug-likeness (QED) is 0.905. The Bertz CT molecular complexity index is 443. The minimum Gasteiger partial charge on any atom is -0.378 e. The van der Waals surface area contributed by atoms with Crippen molar-refractivity contribution < 1.29 is 9.47 Å². The molecule has 2 heterocycles. The van der Waals surface area contributed by atoms with Crippen LogP contribution in [0.15, 0.2) is 29.2 Å². The summed E-state index contributed by atoms with van der Waals surface area (Å²) in [6.45, 7) is 6.63. The highest BCUT2D eigenvalue weighted by molar-refractivity contribution is 8.00. The van der Waals surface area contributed by atoms with Crippen molar-refractivity contribution in [3.63, 3.8) is 0 Å². The molecule has 3 rings (SSSR count). The molecule has 1 spiro atoms. The molecule has 2 fully saturated rings. The summed E-state index contributed by atoms with van der Waals surface area (Å²) < 4.78 is 11.6. The summed E-state index contributed by atoms with van der Waals surface area (Å²) in [6, 6.07) is 8.98. The normalized spacial score (nSPS) is 29.1. The van der Waals surface area contributed by atoms with E-state index in [4.69, 9.17) is 9.47 Å². The maximum Gasteiger partial charge on any atom is 0.0947 e. The van der Waals surface area contributed by atoms with Crippen molar-refractivity contribution in [1.82, 2.24) is 5.32 Å². The van der Waals surface area contributed by atoms with Crippen LogP contribution in [0.1, 0.15) is 31.7 Å². The second kappa shape index (κ2) is 7.14. The number of rotatable bonds is 5. The van der Waals surface area contributed by atoms with Gasteiger partial charge in [0.25, 0.3) is 0 Å². The summed E-state index contributed by atoms with van der Waals surface area (Å²) in [5.41, 5.74) is 1.37. The molecule has 21 heavy (non-hydrogen) atoms. The van der Waals surface area contributed by atoms with Gasteiger partial charge in [0, 0.05) is 36.3 Å². The maximum atomic E-state index is 6.01. The van der Waals surface area contributed by atoms with Gasteiger partial charge in [-0.2, -0.15) is 0 Å². The van der Waals surface area contributed by atoms with Gasteiger partial charge in [0.05, 0.1) is 12.2 Å². The smallest absolute Gasteiger partial charge is 0.0947 e. The fourth-order valence-corrected chi connectivity index (χ4v) is 4.37. The van der Waals surface area contributed by atoms with Crippen LogP contribution in [-0.4, -0.2) is 37.2 Å². The summed E-state index contributed by atoms with van der Waals surface area (Å²) in [7, 11) is 0. The topological polar surface area (TPSA) is 30.5 Å². The SMILES string of the molecule is CCNCc1ccc(SC2CCOC3(CCOC3)C2)cc1. The third-order valence-electron chi connectivity index (χ3n) is 4.32. The van der Waals surface area contributed by atoms with Crippen molar-refractivity contribution in [2.45, 2.75) is 48.5 Å². The molecule has 0 bridgehead atoms. The van der Waals surface area contributed by atoms with Gasteiger partial charge in [-0.25, -0.2) is 0 Å². The Morgan fingerprint density at radius 1 is 1.29 bits per heavy atom. The first-order chi connectivity index (χ1) is 10.3. The summed E-state index contributed by atoms with van der Waals surface area (Å²) >= 11 is 2.00. The van der Waals surface area contributed by atoms with Gasteiger partial charge in [-0.3, -0.25) is 0 Å². The van der Waals surface area contributed by atoms with Crippen LogP contribution in [-0.2, 0) is 16.0 Å². The van der Waals surface area contributed by atoms with E-state index in [0.29, 0.717) is 5.25 Å². The summed E-state index contributed by atoms with van der Waals surface area (Å²) in [5, 5.41) is 4.01. The Hall–Kier alpha value is -0.550. The minimum atomic E-state index is 0.0148. The zero-order valence-corrected chi connectivity index (χ0v) is 13.6. The predicted molar refractivity (Wildman–Crippen MR) is 86.8 cm³/mol. The molecular weight excluding hydrogens is 282 g/mol. The molecule has 2 aliphatic heterocycles. The van der Waals surface area contributed by atoms with Gasteiger partial charge in [-0.1, -0.05) is 19.1 Å². The van der Waals surface area contributed by atoms with E-state index in [1.165, 1.54) is 10.5 Å². The van der Waals surface area contributed by atoms with E-state index in [-0.39, 0.29) is 5.60 Å². The van der Waals surface area contributed by atoms with Crippen LogP contribution >= 0.6 is 11.8 Å². The third kappa shape index (κ3) is 4.01. The van der Waals surface area contributed by atoms with Gasteiger partial charge in [0.2, 0.25) is 0 Å². The zero-order valence-electron chi connectivity index (χ0n) is 12.8. The minimum absolute atomic E-state index is 0.0148. The second-order valence-corrected chi connectivity index (χ2v) is 7.36. The van der Waals surface area contributed by atoms with E-state index in [2.05, 4.69) is 36.5 Å². The highest BCUT2D eigenvalue weighted by Gasteiger charge is 2.41. The summed E-state index contributed by atoms with van der Waals surface area (Å²) in [6.07, 6.45) is 3.33. The Labute approximate surface area is 131 Å². The molecule has 4 heteroatoms. The van der Waals surface area contributed by atoms with E-state index in [1.807, 2.05) is 11.8 Å². The molecule has 1 aromatic carbocycles. The standard InChI is InChI=1S/C17H25NO2S/c1-2-18-12-14-3-5-15(6-4-14)21-16-7-9-20-17(11-16)8-10-19-13-17/h3-6,16,18H,2,7-13H2,1H3. The molecule has 1 aromatic rings. The monoisotopic (exact) mass is 307 g/mol. The van der Waals surface area contributed by atoms with Crippen molar-refractivity contribution in [2.24, 2.45) is 0 Å². The molecule has 0 aromatic heterocycles. The second-order valence-electron chi connectivity index (χ2n) is 5.99. The van der Waals surface area contributed by atoms with Crippen LogP contribution in [0.5, 0.6) is 0 Å². The molecule has 0 saturated carbocycles.